The highest BCUT2D eigenvalue weighted by atomic mass is 16.5. The van der Waals surface area contributed by atoms with E-state index in [0.29, 0.717) is 6.42 Å². The van der Waals surface area contributed by atoms with E-state index in [1.54, 1.807) is 19.1 Å². The van der Waals surface area contributed by atoms with Gasteiger partial charge in [-0.1, -0.05) is 19.1 Å². The van der Waals surface area contributed by atoms with E-state index in [2.05, 4.69) is 9.47 Å². The average Bonchev–Trinajstić information content (AvgIpc) is 2.27. The maximum atomic E-state index is 11.2. The van der Waals surface area contributed by atoms with E-state index in [1.807, 2.05) is 6.92 Å². The highest BCUT2D eigenvalue weighted by Gasteiger charge is 2.15. The minimum absolute atomic E-state index is 0.286. The lowest BCUT2D eigenvalue weighted by Gasteiger charge is -2.08. The maximum absolute atomic E-state index is 11.2. The first-order valence-corrected chi connectivity index (χ1v) is 4.90. The molecule has 4 heteroatoms. The molecule has 0 N–H and O–H groups in total. The Kier molecular flexibility index (Phi) is 6.42. The molecule has 2 unspecified atom stereocenters. The number of ether oxygens (including phenoxy) is 2. The number of esters is 2. The molecule has 0 rings (SSSR count). The molecule has 0 spiro atoms. The van der Waals surface area contributed by atoms with Gasteiger partial charge in [0.15, 0.2) is 0 Å². The molecule has 0 aliphatic carbocycles. The van der Waals surface area contributed by atoms with Gasteiger partial charge in [0.05, 0.1) is 26.1 Å². The normalized spacial score (nSPS) is 14.7. The van der Waals surface area contributed by atoms with Crippen LogP contribution in [0.25, 0.3) is 0 Å². The molecule has 0 heterocycles. The largest absolute Gasteiger partial charge is 0.469 e. The molecule has 0 aliphatic heterocycles. The van der Waals surface area contributed by atoms with Crippen molar-refractivity contribution in [1.82, 2.24) is 0 Å². The Morgan fingerprint density at radius 2 is 1.67 bits per heavy atom. The molecule has 0 fully saturated rings. The zero-order valence-electron chi connectivity index (χ0n) is 9.65. The fourth-order valence-corrected chi connectivity index (χ4v) is 1.10. The molecule has 0 saturated carbocycles. The van der Waals surface area contributed by atoms with Gasteiger partial charge in [0.25, 0.3) is 0 Å². The van der Waals surface area contributed by atoms with E-state index in [-0.39, 0.29) is 23.8 Å². The molecular weight excluding hydrogens is 196 g/mol. The van der Waals surface area contributed by atoms with Crippen LogP contribution in [-0.4, -0.2) is 26.2 Å². The fraction of sp³-hybridized carbons (Fsp3) is 0.636. The van der Waals surface area contributed by atoms with E-state index in [1.165, 1.54) is 14.2 Å². The Morgan fingerprint density at radius 1 is 1.13 bits per heavy atom. The molecule has 0 aromatic carbocycles. The van der Waals surface area contributed by atoms with Crippen LogP contribution in [0.4, 0.5) is 0 Å². The molecule has 15 heavy (non-hydrogen) atoms. The predicted octanol–water partition coefficient (Wildman–Crippen LogP) is 1.55. The Morgan fingerprint density at radius 3 is 2.07 bits per heavy atom. The summed E-state index contributed by atoms with van der Waals surface area (Å²) in [6.07, 6.45) is 4.00. The van der Waals surface area contributed by atoms with Crippen LogP contribution >= 0.6 is 0 Å². The Labute approximate surface area is 90.2 Å². The van der Waals surface area contributed by atoms with E-state index in [4.69, 9.17) is 0 Å². The highest BCUT2D eigenvalue weighted by molar-refractivity contribution is 5.76. The molecule has 4 nitrogen and oxygen atoms in total. The molecule has 86 valence electrons. The summed E-state index contributed by atoms with van der Waals surface area (Å²) in [6, 6.07) is 0. The van der Waals surface area contributed by atoms with E-state index < -0.39 is 0 Å². The number of hydrogen-bond donors (Lipinski definition) is 0. The van der Waals surface area contributed by atoms with E-state index in [9.17, 15) is 9.59 Å². The summed E-state index contributed by atoms with van der Waals surface area (Å²) in [7, 11) is 2.69. The molecule has 0 bridgehead atoms. The molecule has 0 aromatic rings. The van der Waals surface area contributed by atoms with Crippen LogP contribution in [0.2, 0.25) is 0 Å². The lowest BCUT2D eigenvalue weighted by molar-refractivity contribution is -0.144. The number of carbonyl (C=O) groups excluding carboxylic acids is 2. The van der Waals surface area contributed by atoms with Crippen molar-refractivity contribution in [2.24, 2.45) is 11.8 Å². The molecule has 2 atom stereocenters. The summed E-state index contributed by atoms with van der Waals surface area (Å²) in [5, 5.41) is 0. The van der Waals surface area contributed by atoms with Crippen molar-refractivity contribution >= 4 is 11.9 Å². The van der Waals surface area contributed by atoms with Crippen LogP contribution in [0, 0.1) is 11.8 Å². The number of carbonyl (C=O) groups is 2. The van der Waals surface area contributed by atoms with Gasteiger partial charge in [-0.05, 0) is 13.3 Å². The highest BCUT2D eigenvalue weighted by Crippen LogP contribution is 2.09. The minimum Gasteiger partial charge on any atom is -0.469 e. The first-order valence-electron chi connectivity index (χ1n) is 4.90. The summed E-state index contributed by atoms with van der Waals surface area (Å²) < 4.78 is 9.17. The van der Waals surface area contributed by atoms with Crippen LogP contribution in [0.15, 0.2) is 12.2 Å². The molecule has 0 aromatic heterocycles. The summed E-state index contributed by atoms with van der Waals surface area (Å²) in [6.45, 7) is 3.60. The number of methoxy groups -OCH3 is 2. The topological polar surface area (TPSA) is 52.6 Å². The van der Waals surface area contributed by atoms with Crippen molar-refractivity contribution in [3.63, 3.8) is 0 Å². The number of rotatable bonds is 5. The summed E-state index contributed by atoms with van der Waals surface area (Å²) >= 11 is 0. The summed E-state index contributed by atoms with van der Waals surface area (Å²) in [4.78, 5) is 22.3. The third kappa shape index (κ3) is 4.63. The summed E-state index contributed by atoms with van der Waals surface area (Å²) in [5.74, 6) is -1.23. The first kappa shape index (κ1) is 13.7. The zero-order chi connectivity index (χ0) is 11.8. The predicted molar refractivity (Wildman–Crippen MR) is 56.1 cm³/mol. The lowest BCUT2D eigenvalue weighted by atomic mass is 10.0. The fourth-order valence-electron chi connectivity index (χ4n) is 1.10. The van der Waals surface area contributed by atoms with Crippen LogP contribution in [0.5, 0.6) is 0 Å². The van der Waals surface area contributed by atoms with Gasteiger partial charge in [0.2, 0.25) is 0 Å². The van der Waals surface area contributed by atoms with Crippen molar-refractivity contribution in [2.45, 2.75) is 20.3 Å². The second-order valence-electron chi connectivity index (χ2n) is 3.23. The van der Waals surface area contributed by atoms with Crippen molar-refractivity contribution < 1.29 is 19.1 Å². The molecule has 0 aliphatic rings. The minimum atomic E-state index is -0.339. The van der Waals surface area contributed by atoms with Gasteiger partial charge in [-0.2, -0.15) is 0 Å². The van der Waals surface area contributed by atoms with Crippen LogP contribution in [0.3, 0.4) is 0 Å². The Balaban J connectivity index is 4.34. The average molecular weight is 214 g/mol. The Hall–Kier alpha value is -1.32. The van der Waals surface area contributed by atoms with Gasteiger partial charge in [0, 0.05) is 0 Å². The quantitative estimate of drug-likeness (QED) is 0.514. The van der Waals surface area contributed by atoms with Crippen LogP contribution in [-0.2, 0) is 19.1 Å². The maximum Gasteiger partial charge on any atom is 0.312 e. The monoisotopic (exact) mass is 214 g/mol. The molecule has 0 saturated heterocycles. The second-order valence-corrected chi connectivity index (χ2v) is 3.23. The summed E-state index contributed by atoms with van der Waals surface area (Å²) in [5.41, 5.74) is 0. The number of hydrogen-bond acceptors (Lipinski definition) is 4. The molecular formula is C11H18O4. The van der Waals surface area contributed by atoms with Gasteiger partial charge in [0.1, 0.15) is 0 Å². The SMILES string of the molecule is CCC(/C=C/C(C)C(=O)OC)C(=O)OC. The van der Waals surface area contributed by atoms with Crippen LogP contribution < -0.4 is 0 Å². The smallest absolute Gasteiger partial charge is 0.312 e. The third-order valence-corrected chi connectivity index (χ3v) is 2.15. The van der Waals surface area contributed by atoms with Crippen molar-refractivity contribution in [2.75, 3.05) is 14.2 Å². The van der Waals surface area contributed by atoms with Gasteiger partial charge in [-0.15, -0.1) is 0 Å². The van der Waals surface area contributed by atoms with Gasteiger partial charge in [-0.25, -0.2) is 0 Å². The standard InChI is InChI=1S/C11H18O4/c1-5-9(11(13)15-4)7-6-8(2)10(12)14-3/h6-9H,5H2,1-4H3/b7-6+. The third-order valence-electron chi connectivity index (χ3n) is 2.15. The molecule has 0 radical (unpaired) electrons. The van der Waals surface area contributed by atoms with Crippen LogP contribution in [0.1, 0.15) is 20.3 Å². The second kappa shape index (κ2) is 7.04. The van der Waals surface area contributed by atoms with E-state index in [0.717, 1.165) is 0 Å². The van der Waals surface area contributed by atoms with Gasteiger partial charge >= 0.3 is 11.9 Å². The first-order chi connectivity index (χ1) is 7.06. The van der Waals surface area contributed by atoms with E-state index >= 15 is 0 Å². The lowest BCUT2D eigenvalue weighted by Crippen LogP contribution is -2.15. The Bertz CT molecular complexity index is 245. The van der Waals surface area contributed by atoms with Crippen molar-refractivity contribution in [3.8, 4) is 0 Å². The zero-order valence-corrected chi connectivity index (χ0v) is 9.65. The molecule has 0 amide bonds. The van der Waals surface area contributed by atoms with Crippen molar-refractivity contribution in [3.05, 3.63) is 12.2 Å². The van der Waals surface area contributed by atoms with Gasteiger partial charge in [-0.3, -0.25) is 9.59 Å². The van der Waals surface area contributed by atoms with Gasteiger partial charge < -0.3 is 9.47 Å². The van der Waals surface area contributed by atoms with Crippen molar-refractivity contribution in [1.29, 1.82) is 0 Å².